The third-order valence-electron chi connectivity index (χ3n) is 6.60. The molecule has 0 N–H and O–H groups in total. The minimum Gasteiger partial charge on any atom is -0.0654 e. The fourth-order valence-corrected chi connectivity index (χ4v) is 4.47. The molecule has 0 heteroatoms. The number of unbranched alkanes of at least 4 members (excludes halogenated alkanes) is 9. The lowest BCUT2D eigenvalue weighted by Gasteiger charge is -2.05. The molecule has 33 heavy (non-hydrogen) atoms. The van der Waals surface area contributed by atoms with Crippen molar-refractivity contribution in [1.82, 2.24) is 0 Å². The van der Waals surface area contributed by atoms with E-state index in [1.54, 1.807) is 0 Å². The molecular formula is C33H42. The van der Waals surface area contributed by atoms with Crippen LogP contribution in [0.3, 0.4) is 0 Å². The number of rotatable bonds is 13. The van der Waals surface area contributed by atoms with Gasteiger partial charge in [0.05, 0.1) is 0 Å². The molecule has 0 unspecified atom stereocenters. The van der Waals surface area contributed by atoms with Gasteiger partial charge in [-0.25, -0.2) is 0 Å². The Morgan fingerprint density at radius 3 is 1.64 bits per heavy atom. The summed E-state index contributed by atoms with van der Waals surface area (Å²) in [6.07, 6.45) is 17.2. The van der Waals surface area contributed by atoms with Gasteiger partial charge >= 0.3 is 0 Å². The normalized spacial score (nSPS) is 10.8. The Kier molecular flexibility index (Phi) is 11.1. The predicted molar refractivity (Wildman–Crippen MR) is 146 cm³/mol. The van der Waals surface area contributed by atoms with Crippen molar-refractivity contribution in [2.75, 3.05) is 0 Å². The maximum absolute atomic E-state index is 3.36. The summed E-state index contributed by atoms with van der Waals surface area (Å²) in [5, 5.41) is 2.61. The third kappa shape index (κ3) is 9.09. The number of hydrogen-bond acceptors (Lipinski definition) is 0. The maximum atomic E-state index is 3.36. The number of hydrogen-bond donors (Lipinski definition) is 0. The molecule has 0 atom stereocenters. The average Bonchev–Trinajstić information content (AvgIpc) is 2.85. The van der Waals surface area contributed by atoms with E-state index in [-0.39, 0.29) is 0 Å². The molecule has 3 aromatic rings. The van der Waals surface area contributed by atoms with Crippen molar-refractivity contribution in [1.29, 1.82) is 0 Å². The van der Waals surface area contributed by atoms with Crippen molar-refractivity contribution in [2.24, 2.45) is 0 Å². The van der Waals surface area contributed by atoms with Gasteiger partial charge in [-0.3, -0.25) is 0 Å². The zero-order valence-corrected chi connectivity index (χ0v) is 21.0. The van der Waals surface area contributed by atoms with Crippen LogP contribution in [0, 0.1) is 11.8 Å². The lowest BCUT2D eigenvalue weighted by molar-refractivity contribution is 0.607. The molecule has 0 aliphatic heterocycles. The Balaban J connectivity index is 1.51. The van der Waals surface area contributed by atoms with Crippen molar-refractivity contribution in [3.8, 4) is 11.8 Å². The van der Waals surface area contributed by atoms with E-state index in [2.05, 4.69) is 86.4 Å². The van der Waals surface area contributed by atoms with Crippen LogP contribution < -0.4 is 0 Å². The highest BCUT2D eigenvalue weighted by molar-refractivity contribution is 5.84. The first-order chi connectivity index (χ1) is 16.3. The second-order valence-electron chi connectivity index (χ2n) is 9.53. The molecular weight excluding hydrogens is 396 g/mol. The van der Waals surface area contributed by atoms with E-state index in [1.165, 1.54) is 105 Å². The predicted octanol–water partition coefficient (Wildman–Crippen LogP) is 9.66. The van der Waals surface area contributed by atoms with E-state index in [0.717, 1.165) is 11.1 Å². The van der Waals surface area contributed by atoms with Crippen molar-refractivity contribution in [3.63, 3.8) is 0 Å². The van der Waals surface area contributed by atoms with Crippen LogP contribution in [0.15, 0.2) is 60.7 Å². The summed E-state index contributed by atoms with van der Waals surface area (Å²) in [6, 6.07) is 22.4. The zero-order chi connectivity index (χ0) is 23.1. The molecule has 0 nitrogen and oxygen atoms in total. The maximum Gasteiger partial charge on any atom is 0.0255 e. The summed E-state index contributed by atoms with van der Waals surface area (Å²) in [4.78, 5) is 0. The Morgan fingerprint density at radius 1 is 0.455 bits per heavy atom. The van der Waals surface area contributed by atoms with Crippen LogP contribution in [0.25, 0.3) is 10.8 Å². The minimum absolute atomic E-state index is 1.09. The summed E-state index contributed by atoms with van der Waals surface area (Å²) >= 11 is 0. The highest BCUT2D eigenvalue weighted by Crippen LogP contribution is 2.20. The molecule has 3 rings (SSSR count). The second kappa shape index (κ2) is 14.6. The van der Waals surface area contributed by atoms with Gasteiger partial charge in [0.25, 0.3) is 0 Å². The monoisotopic (exact) mass is 438 g/mol. The van der Waals surface area contributed by atoms with Gasteiger partial charge < -0.3 is 0 Å². The van der Waals surface area contributed by atoms with Gasteiger partial charge in [-0.15, -0.1) is 0 Å². The average molecular weight is 439 g/mol. The lowest BCUT2D eigenvalue weighted by Crippen LogP contribution is -1.87. The number of benzene rings is 3. The van der Waals surface area contributed by atoms with Gasteiger partial charge in [-0.05, 0) is 71.8 Å². The van der Waals surface area contributed by atoms with Crippen LogP contribution in [0.2, 0.25) is 0 Å². The summed E-state index contributed by atoms with van der Waals surface area (Å²) in [6.45, 7) is 4.55. The van der Waals surface area contributed by atoms with Gasteiger partial charge in [0.2, 0.25) is 0 Å². The Labute approximate surface area is 202 Å². The fourth-order valence-electron chi connectivity index (χ4n) is 4.47. The molecule has 0 spiro atoms. The summed E-state index contributed by atoms with van der Waals surface area (Å²) in [7, 11) is 0. The Hall–Kier alpha value is -2.52. The summed E-state index contributed by atoms with van der Waals surface area (Å²) in [5.74, 6) is 6.71. The van der Waals surface area contributed by atoms with Crippen molar-refractivity contribution in [3.05, 3.63) is 82.9 Å². The van der Waals surface area contributed by atoms with Crippen LogP contribution in [0.4, 0.5) is 0 Å². The highest BCUT2D eigenvalue weighted by atomic mass is 14.0. The Morgan fingerprint density at radius 2 is 0.939 bits per heavy atom. The van der Waals surface area contributed by atoms with Crippen LogP contribution in [-0.2, 0) is 12.8 Å². The molecule has 0 heterocycles. The van der Waals surface area contributed by atoms with Gasteiger partial charge in [-0.2, -0.15) is 0 Å². The van der Waals surface area contributed by atoms with Crippen molar-refractivity contribution >= 4 is 10.8 Å². The molecule has 3 aromatic carbocycles. The first kappa shape index (κ1) is 25.1. The van der Waals surface area contributed by atoms with E-state index < -0.39 is 0 Å². The van der Waals surface area contributed by atoms with E-state index in [9.17, 15) is 0 Å². The van der Waals surface area contributed by atoms with Gasteiger partial charge in [0, 0.05) is 11.1 Å². The van der Waals surface area contributed by atoms with Gasteiger partial charge in [0.1, 0.15) is 0 Å². The zero-order valence-electron chi connectivity index (χ0n) is 21.0. The number of aryl methyl sites for hydroxylation is 2. The molecule has 0 aromatic heterocycles. The van der Waals surface area contributed by atoms with Crippen LogP contribution in [0.1, 0.15) is 107 Å². The lowest BCUT2D eigenvalue weighted by atomic mass is 10.0. The van der Waals surface area contributed by atoms with Crippen LogP contribution >= 0.6 is 0 Å². The first-order valence-electron chi connectivity index (χ1n) is 13.4. The molecule has 0 aliphatic rings. The molecule has 0 bridgehead atoms. The topological polar surface area (TPSA) is 0 Å². The van der Waals surface area contributed by atoms with E-state index in [1.807, 2.05) is 0 Å². The van der Waals surface area contributed by atoms with Crippen molar-refractivity contribution in [2.45, 2.75) is 97.3 Å². The van der Waals surface area contributed by atoms with E-state index in [4.69, 9.17) is 0 Å². The Bertz CT molecular complexity index is 1010. The molecule has 174 valence electrons. The van der Waals surface area contributed by atoms with Gasteiger partial charge in [-0.1, -0.05) is 120 Å². The first-order valence-corrected chi connectivity index (χ1v) is 13.4. The standard InChI is InChI=1S/C33H42/c1-3-5-7-9-11-12-14-28-16-18-29(19-17-28)20-21-31-23-25-32-26-30(22-24-33(32)27-31)15-13-10-8-6-4-2/h16-19,22-27H,3-15H2,1-2H3. The second-order valence-corrected chi connectivity index (χ2v) is 9.53. The van der Waals surface area contributed by atoms with Crippen LogP contribution in [0.5, 0.6) is 0 Å². The SMILES string of the molecule is CCCCCCCCc1ccc(C#Cc2ccc3cc(CCCCCCC)ccc3c2)cc1. The van der Waals surface area contributed by atoms with Crippen LogP contribution in [-0.4, -0.2) is 0 Å². The number of fused-ring (bicyclic) bond motifs is 1. The molecule has 0 amide bonds. The molecule has 0 aliphatic carbocycles. The molecule has 0 fully saturated rings. The highest BCUT2D eigenvalue weighted by Gasteiger charge is 1.99. The van der Waals surface area contributed by atoms with Gasteiger partial charge in [0.15, 0.2) is 0 Å². The smallest absolute Gasteiger partial charge is 0.0255 e. The van der Waals surface area contributed by atoms with E-state index in [0.29, 0.717) is 0 Å². The quantitative estimate of drug-likeness (QED) is 0.184. The summed E-state index contributed by atoms with van der Waals surface area (Å²) in [5.41, 5.74) is 5.08. The minimum atomic E-state index is 1.09. The fraction of sp³-hybridized carbons (Fsp3) is 0.455. The molecule has 0 saturated heterocycles. The largest absolute Gasteiger partial charge is 0.0654 e. The summed E-state index contributed by atoms with van der Waals surface area (Å²) < 4.78 is 0. The van der Waals surface area contributed by atoms with E-state index >= 15 is 0 Å². The molecule has 0 radical (unpaired) electrons. The van der Waals surface area contributed by atoms with Crippen molar-refractivity contribution < 1.29 is 0 Å². The molecule has 0 saturated carbocycles. The third-order valence-corrected chi connectivity index (χ3v) is 6.60.